The van der Waals surface area contributed by atoms with Crippen LogP contribution in [0.15, 0.2) is 72.8 Å². The molecule has 2 amide bonds. The van der Waals surface area contributed by atoms with E-state index in [9.17, 15) is 14.0 Å². The van der Waals surface area contributed by atoms with Gasteiger partial charge in [0.2, 0.25) is 11.8 Å². The first-order valence-electron chi connectivity index (χ1n) is 12.2. The molecular formula is C30H36FN3O2. The quantitative estimate of drug-likeness (QED) is 0.409. The molecule has 1 N–H and O–H groups in total. The van der Waals surface area contributed by atoms with Gasteiger partial charge in [0.25, 0.3) is 0 Å². The van der Waals surface area contributed by atoms with Crippen LogP contribution in [-0.4, -0.2) is 30.8 Å². The highest BCUT2D eigenvalue weighted by Crippen LogP contribution is 2.32. The van der Waals surface area contributed by atoms with Gasteiger partial charge < -0.3 is 15.1 Å². The predicted octanol–water partition coefficient (Wildman–Crippen LogP) is 6.21. The fraction of sp³-hybridized carbons (Fsp3) is 0.333. The molecule has 0 saturated heterocycles. The van der Waals surface area contributed by atoms with Crippen molar-refractivity contribution in [2.75, 3.05) is 24.3 Å². The van der Waals surface area contributed by atoms with E-state index in [1.54, 1.807) is 12.1 Å². The number of anilines is 2. The second kappa shape index (κ2) is 11.4. The number of nitrogens with zero attached hydrogens (tertiary/aromatic N) is 2. The van der Waals surface area contributed by atoms with Crippen molar-refractivity contribution in [1.29, 1.82) is 0 Å². The molecule has 3 aromatic carbocycles. The van der Waals surface area contributed by atoms with Gasteiger partial charge in [0, 0.05) is 37.4 Å². The van der Waals surface area contributed by atoms with Gasteiger partial charge in [-0.2, -0.15) is 0 Å². The van der Waals surface area contributed by atoms with Crippen LogP contribution in [0.2, 0.25) is 0 Å². The molecule has 6 heteroatoms. The van der Waals surface area contributed by atoms with E-state index in [4.69, 9.17) is 0 Å². The minimum atomic E-state index is -0.553. The lowest BCUT2D eigenvalue weighted by Crippen LogP contribution is -2.40. The molecule has 36 heavy (non-hydrogen) atoms. The first-order valence-corrected chi connectivity index (χ1v) is 12.2. The van der Waals surface area contributed by atoms with Gasteiger partial charge in [-0.05, 0) is 53.9 Å². The maximum Gasteiger partial charge on any atom is 0.228 e. The standard InChI is InChI=1S/C30H36FN3O2/c1-21(23-10-8-7-9-11-23)34(29(36)30(2,3)4)20-24-19-26(16-17-27(24)33(5)6)32-28(35)18-22-12-14-25(31)15-13-22/h7-17,19,21H,18,20H2,1-6H3,(H,32,35)/t21-/m0/s1. The van der Waals surface area contributed by atoms with Crippen LogP contribution >= 0.6 is 0 Å². The van der Waals surface area contributed by atoms with Gasteiger partial charge in [-0.15, -0.1) is 0 Å². The van der Waals surface area contributed by atoms with E-state index in [0.29, 0.717) is 12.2 Å². The summed E-state index contributed by atoms with van der Waals surface area (Å²) < 4.78 is 13.2. The largest absolute Gasteiger partial charge is 0.377 e. The molecule has 0 aliphatic carbocycles. The molecule has 190 valence electrons. The van der Waals surface area contributed by atoms with E-state index in [-0.39, 0.29) is 30.1 Å². The second-order valence-corrected chi connectivity index (χ2v) is 10.4. The molecule has 0 aliphatic rings. The average Bonchev–Trinajstić information content (AvgIpc) is 2.83. The number of hydrogen-bond donors (Lipinski definition) is 1. The topological polar surface area (TPSA) is 52.7 Å². The third-order valence-corrected chi connectivity index (χ3v) is 6.12. The van der Waals surface area contributed by atoms with Crippen LogP contribution in [0.25, 0.3) is 0 Å². The Balaban J connectivity index is 1.90. The maximum atomic E-state index is 13.6. The number of nitrogens with one attached hydrogen (secondary N) is 1. The van der Waals surface area contributed by atoms with Gasteiger partial charge in [0.05, 0.1) is 12.5 Å². The fourth-order valence-corrected chi connectivity index (χ4v) is 4.13. The summed E-state index contributed by atoms with van der Waals surface area (Å²) in [5.74, 6) is -0.470. The van der Waals surface area contributed by atoms with Crippen molar-refractivity contribution >= 4 is 23.2 Å². The molecular weight excluding hydrogens is 453 g/mol. The van der Waals surface area contributed by atoms with Crippen molar-refractivity contribution in [2.24, 2.45) is 5.41 Å². The lowest BCUT2D eigenvalue weighted by Gasteiger charge is -2.35. The summed E-state index contributed by atoms with van der Waals surface area (Å²) in [6.07, 6.45) is 0.144. The number of hydrogen-bond acceptors (Lipinski definition) is 3. The first kappa shape index (κ1) is 26.9. The lowest BCUT2D eigenvalue weighted by molar-refractivity contribution is -0.142. The van der Waals surface area contributed by atoms with Crippen LogP contribution in [-0.2, 0) is 22.6 Å². The zero-order chi connectivity index (χ0) is 26.5. The first-order chi connectivity index (χ1) is 17.0. The number of halogens is 1. The molecule has 0 fully saturated rings. The zero-order valence-corrected chi connectivity index (χ0v) is 22.0. The van der Waals surface area contributed by atoms with E-state index >= 15 is 0 Å². The Bertz CT molecular complexity index is 1190. The van der Waals surface area contributed by atoms with Gasteiger partial charge in [-0.3, -0.25) is 9.59 Å². The average molecular weight is 490 g/mol. The molecule has 0 aliphatic heterocycles. The van der Waals surface area contributed by atoms with E-state index in [1.165, 1.54) is 12.1 Å². The lowest BCUT2D eigenvalue weighted by atomic mass is 9.92. The highest BCUT2D eigenvalue weighted by molar-refractivity contribution is 5.92. The fourth-order valence-electron chi connectivity index (χ4n) is 4.13. The third kappa shape index (κ3) is 6.94. The predicted molar refractivity (Wildman–Crippen MR) is 144 cm³/mol. The van der Waals surface area contributed by atoms with Crippen molar-refractivity contribution in [1.82, 2.24) is 4.90 Å². The molecule has 0 unspecified atom stereocenters. The zero-order valence-electron chi connectivity index (χ0n) is 22.0. The number of carbonyl (C=O) groups is 2. The second-order valence-electron chi connectivity index (χ2n) is 10.4. The normalized spacial score (nSPS) is 12.1. The molecule has 0 spiro atoms. The molecule has 1 atom stereocenters. The van der Waals surface area contributed by atoms with Crippen molar-refractivity contribution < 1.29 is 14.0 Å². The number of rotatable bonds is 8. The Hall–Kier alpha value is -3.67. The maximum absolute atomic E-state index is 13.6. The van der Waals surface area contributed by atoms with E-state index < -0.39 is 5.41 Å². The SMILES string of the molecule is C[C@@H](c1ccccc1)N(Cc1cc(NC(=O)Cc2ccc(F)cc2)ccc1N(C)C)C(=O)C(C)(C)C. The smallest absolute Gasteiger partial charge is 0.228 e. The van der Waals surface area contributed by atoms with Crippen LogP contribution in [0.4, 0.5) is 15.8 Å². The summed E-state index contributed by atoms with van der Waals surface area (Å²) in [7, 11) is 3.92. The van der Waals surface area contributed by atoms with Crippen molar-refractivity contribution in [3.63, 3.8) is 0 Å². The van der Waals surface area contributed by atoms with Crippen LogP contribution in [0, 0.1) is 11.2 Å². The molecule has 0 bridgehead atoms. The molecule has 0 saturated carbocycles. The molecule has 5 nitrogen and oxygen atoms in total. The Kier molecular flexibility index (Phi) is 8.51. The Morgan fingerprint density at radius 1 is 0.944 bits per heavy atom. The highest BCUT2D eigenvalue weighted by atomic mass is 19.1. The van der Waals surface area contributed by atoms with Crippen LogP contribution in [0.3, 0.4) is 0 Å². The molecule has 3 rings (SSSR count). The van der Waals surface area contributed by atoms with Crippen molar-refractivity contribution in [3.8, 4) is 0 Å². The highest BCUT2D eigenvalue weighted by Gasteiger charge is 2.31. The van der Waals surface area contributed by atoms with Crippen LogP contribution in [0.1, 0.15) is 50.4 Å². The van der Waals surface area contributed by atoms with E-state index in [0.717, 1.165) is 22.4 Å². The van der Waals surface area contributed by atoms with Crippen LogP contribution in [0.5, 0.6) is 0 Å². The van der Waals surface area contributed by atoms with Crippen molar-refractivity contribution in [3.05, 3.63) is 95.3 Å². The van der Waals surface area contributed by atoms with E-state index in [1.807, 2.05) is 100 Å². The van der Waals surface area contributed by atoms with Gasteiger partial charge in [0.15, 0.2) is 0 Å². The van der Waals surface area contributed by atoms with E-state index in [2.05, 4.69) is 5.32 Å². The Labute approximate surface area is 213 Å². The Morgan fingerprint density at radius 3 is 2.17 bits per heavy atom. The Morgan fingerprint density at radius 2 is 1.58 bits per heavy atom. The molecule has 3 aromatic rings. The van der Waals surface area contributed by atoms with Crippen molar-refractivity contribution in [2.45, 2.75) is 46.7 Å². The number of benzene rings is 3. The van der Waals surface area contributed by atoms with Gasteiger partial charge in [-0.25, -0.2) is 4.39 Å². The summed E-state index contributed by atoms with van der Waals surface area (Å²) in [6, 6.07) is 21.5. The summed E-state index contributed by atoms with van der Waals surface area (Å²) in [6.45, 7) is 8.22. The van der Waals surface area contributed by atoms with Gasteiger partial charge in [-0.1, -0.05) is 63.2 Å². The number of amides is 2. The van der Waals surface area contributed by atoms with Gasteiger partial charge >= 0.3 is 0 Å². The minimum Gasteiger partial charge on any atom is -0.377 e. The third-order valence-electron chi connectivity index (χ3n) is 6.12. The van der Waals surface area contributed by atoms with Gasteiger partial charge in [0.1, 0.15) is 5.82 Å². The summed E-state index contributed by atoms with van der Waals surface area (Å²) in [5, 5.41) is 2.95. The molecule has 0 heterocycles. The minimum absolute atomic E-state index is 0.0503. The van der Waals surface area contributed by atoms with Crippen LogP contribution < -0.4 is 10.2 Å². The summed E-state index contributed by atoms with van der Waals surface area (Å²) in [4.78, 5) is 30.2. The number of carbonyl (C=O) groups excluding carboxylic acids is 2. The molecule has 0 aromatic heterocycles. The molecule has 0 radical (unpaired) electrons. The summed E-state index contributed by atoms with van der Waals surface area (Å²) in [5.41, 5.74) is 3.79. The summed E-state index contributed by atoms with van der Waals surface area (Å²) >= 11 is 0. The monoisotopic (exact) mass is 489 g/mol.